The Kier molecular flexibility index (Phi) is 6.39. The van der Waals surface area contributed by atoms with Gasteiger partial charge in [0, 0.05) is 30.9 Å². The number of ether oxygens (including phenoxy) is 2. The molecule has 6 nitrogen and oxygen atoms in total. The van der Waals surface area contributed by atoms with E-state index in [0.29, 0.717) is 12.1 Å². The van der Waals surface area contributed by atoms with Gasteiger partial charge in [-0.25, -0.2) is 4.79 Å². The molecule has 152 valence electrons. The van der Waals surface area contributed by atoms with E-state index in [1.807, 2.05) is 67.2 Å². The maximum Gasteiger partial charge on any atom is 0.341 e. The van der Waals surface area contributed by atoms with Gasteiger partial charge in [0.15, 0.2) is 6.61 Å². The summed E-state index contributed by atoms with van der Waals surface area (Å²) in [6.07, 6.45) is 3.77. The summed E-state index contributed by atoms with van der Waals surface area (Å²) in [4.78, 5) is 27.7. The largest absolute Gasteiger partial charge is 0.497 e. The molecule has 0 aliphatic carbocycles. The van der Waals surface area contributed by atoms with Crippen molar-refractivity contribution in [2.24, 2.45) is 0 Å². The molecule has 2 heterocycles. The number of benzene rings is 1. The molecule has 0 N–H and O–H groups in total. The van der Waals surface area contributed by atoms with Crippen molar-refractivity contribution < 1.29 is 19.1 Å². The van der Waals surface area contributed by atoms with E-state index in [0.717, 1.165) is 26.8 Å². The zero-order valence-electron chi connectivity index (χ0n) is 17.0. The van der Waals surface area contributed by atoms with Crippen LogP contribution in [0, 0.1) is 13.8 Å². The molecular weight excluding hydrogens is 388 g/mol. The van der Waals surface area contributed by atoms with Crippen LogP contribution in [0.15, 0.2) is 48.8 Å². The van der Waals surface area contributed by atoms with Crippen LogP contribution in [0.2, 0.25) is 0 Å². The van der Waals surface area contributed by atoms with Crippen LogP contribution in [-0.4, -0.2) is 42.1 Å². The highest BCUT2D eigenvalue weighted by Crippen LogP contribution is 2.31. The number of methoxy groups -OCH3 is 1. The molecule has 0 aliphatic rings. The minimum Gasteiger partial charge on any atom is -0.497 e. The molecule has 3 rings (SSSR count). The summed E-state index contributed by atoms with van der Waals surface area (Å²) in [6.45, 7) is 3.99. The average molecular weight is 413 g/mol. The lowest BCUT2D eigenvalue weighted by atomic mass is 10.1. The van der Waals surface area contributed by atoms with Gasteiger partial charge in [-0.15, -0.1) is 11.3 Å². The maximum atomic E-state index is 12.7. The number of likely N-dealkylation sites (N-methyl/N-ethyl adjacent to an activating group) is 1. The zero-order valence-corrected chi connectivity index (χ0v) is 17.8. The van der Waals surface area contributed by atoms with Crippen molar-refractivity contribution in [3.05, 3.63) is 70.4 Å². The summed E-state index contributed by atoms with van der Waals surface area (Å²) in [6, 6.07) is 11.3. The first-order valence-corrected chi connectivity index (χ1v) is 9.99. The molecule has 0 radical (unpaired) electrons. The molecule has 3 aromatic rings. The van der Waals surface area contributed by atoms with Crippen LogP contribution in [0.25, 0.3) is 5.00 Å². The summed E-state index contributed by atoms with van der Waals surface area (Å²) in [5.41, 5.74) is 2.35. The van der Waals surface area contributed by atoms with Crippen LogP contribution < -0.4 is 4.74 Å². The Morgan fingerprint density at radius 1 is 1.10 bits per heavy atom. The monoisotopic (exact) mass is 412 g/mol. The van der Waals surface area contributed by atoms with E-state index >= 15 is 0 Å². The number of aromatic nitrogens is 1. The van der Waals surface area contributed by atoms with Gasteiger partial charge in [-0.05, 0) is 49.2 Å². The van der Waals surface area contributed by atoms with Gasteiger partial charge in [-0.2, -0.15) is 0 Å². The lowest BCUT2D eigenvalue weighted by Crippen LogP contribution is -2.31. The zero-order chi connectivity index (χ0) is 21.0. The van der Waals surface area contributed by atoms with E-state index < -0.39 is 5.97 Å². The number of amides is 1. The number of rotatable bonds is 7. The summed E-state index contributed by atoms with van der Waals surface area (Å²) >= 11 is 1.53. The number of esters is 1. The molecule has 2 aromatic heterocycles. The summed E-state index contributed by atoms with van der Waals surface area (Å²) < 4.78 is 12.4. The van der Waals surface area contributed by atoms with Crippen LogP contribution in [0.4, 0.5) is 0 Å². The van der Waals surface area contributed by atoms with Crippen molar-refractivity contribution in [3.8, 4) is 10.8 Å². The Hall–Kier alpha value is -3.06. The Labute approximate surface area is 174 Å². The minimum atomic E-state index is -0.484. The van der Waals surface area contributed by atoms with Crippen molar-refractivity contribution in [1.82, 2.24) is 9.47 Å². The average Bonchev–Trinajstić information content (AvgIpc) is 3.35. The third-order valence-corrected chi connectivity index (χ3v) is 5.96. The number of thiophene rings is 1. The van der Waals surface area contributed by atoms with E-state index in [2.05, 4.69) is 0 Å². The van der Waals surface area contributed by atoms with E-state index in [4.69, 9.17) is 9.47 Å². The summed E-state index contributed by atoms with van der Waals surface area (Å²) in [5.74, 6) is 0.0135. The molecule has 1 aromatic carbocycles. The summed E-state index contributed by atoms with van der Waals surface area (Å²) in [7, 11) is 3.29. The number of hydrogen-bond acceptors (Lipinski definition) is 5. The molecule has 0 aliphatic heterocycles. The highest BCUT2D eigenvalue weighted by atomic mass is 32.1. The first kappa shape index (κ1) is 20.7. The topological polar surface area (TPSA) is 60.8 Å². The predicted molar refractivity (Wildman–Crippen MR) is 113 cm³/mol. The van der Waals surface area contributed by atoms with Crippen molar-refractivity contribution in [3.63, 3.8) is 0 Å². The summed E-state index contributed by atoms with van der Waals surface area (Å²) in [5, 5.41) is 0.800. The molecule has 0 bridgehead atoms. The molecule has 0 fully saturated rings. The van der Waals surface area contributed by atoms with Gasteiger partial charge in [-0.3, -0.25) is 4.79 Å². The standard InChI is InChI=1S/C22H24N2O4S/c1-15-16(2)29-21(24-11-5-6-12-24)20(15)22(26)28-14-19(25)23(3)13-17-7-9-18(27-4)10-8-17/h5-12H,13-14H2,1-4H3. The second-order valence-electron chi connectivity index (χ2n) is 6.73. The predicted octanol–water partition coefficient (Wildman–Crippen LogP) is 3.98. The molecule has 29 heavy (non-hydrogen) atoms. The highest BCUT2D eigenvalue weighted by molar-refractivity contribution is 7.15. The minimum absolute atomic E-state index is 0.263. The normalized spacial score (nSPS) is 10.6. The Morgan fingerprint density at radius 3 is 2.38 bits per heavy atom. The smallest absolute Gasteiger partial charge is 0.341 e. The van der Waals surface area contributed by atoms with Gasteiger partial charge in [-0.1, -0.05) is 12.1 Å². The maximum absolute atomic E-state index is 12.7. The number of carbonyl (C=O) groups excluding carboxylic acids is 2. The third-order valence-electron chi connectivity index (χ3n) is 4.74. The van der Waals surface area contributed by atoms with E-state index in [-0.39, 0.29) is 12.5 Å². The van der Waals surface area contributed by atoms with Gasteiger partial charge in [0.2, 0.25) is 0 Å². The van der Waals surface area contributed by atoms with E-state index in [1.54, 1.807) is 14.2 Å². The first-order valence-electron chi connectivity index (χ1n) is 9.18. The van der Waals surface area contributed by atoms with Crippen molar-refractivity contribution in [2.75, 3.05) is 20.8 Å². The van der Waals surface area contributed by atoms with Crippen LogP contribution in [-0.2, 0) is 16.1 Å². The fourth-order valence-corrected chi connectivity index (χ4v) is 4.01. The quantitative estimate of drug-likeness (QED) is 0.551. The van der Waals surface area contributed by atoms with Crippen LogP contribution in [0.3, 0.4) is 0 Å². The SMILES string of the molecule is COc1ccc(CN(C)C(=O)COC(=O)c2c(-n3cccc3)sc(C)c2C)cc1. The van der Waals surface area contributed by atoms with Gasteiger partial charge in [0.1, 0.15) is 10.8 Å². The molecular formula is C22H24N2O4S. The highest BCUT2D eigenvalue weighted by Gasteiger charge is 2.23. The molecule has 0 saturated heterocycles. The number of nitrogens with zero attached hydrogens (tertiary/aromatic N) is 2. The Balaban J connectivity index is 1.63. The fraction of sp³-hybridized carbons (Fsp3) is 0.273. The number of carbonyl (C=O) groups is 2. The van der Waals surface area contributed by atoms with E-state index in [1.165, 1.54) is 16.2 Å². The molecule has 0 atom stereocenters. The van der Waals surface area contributed by atoms with Crippen LogP contribution in [0.5, 0.6) is 5.75 Å². The van der Waals surface area contributed by atoms with Gasteiger partial charge >= 0.3 is 5.97 Å². The van der Waals surface area contributed by atoms with Gasteiger partial charge in [0.25, 0.3) is 5.91 Å². The number of aryl methyl sites for hydroxylation is 1. The second-order valence-corrected chi connectivity index (χ2v) is 7.93. The first-order chi connectivity index (χ1) is 13.9. The third kappa shape index (κ3) is 4.68. The Morgan fingerprint density at radius 2 is 1.76 bits per heavy atom. The lowest BCUT2D eigenvalue weighted by Gasteiger charge is -2.17. The van der Waals surface area contributed by atoms with Crippen molar-refractivity contribution in [2.45, 2.75) is 20.4 Å². The molecule has 0 spiro atoms. The molecule has 1 amide bonds. The van der Waals surface area contributed by atoms with Crippen molar-refractivity contribution in [1.29, 1.82) is 0 Å². The van der Waals surface area contributed by atoms with Gasteiger partial charge in [0.05, 0.1) is 12.7 Å². The molecule has 7 heteroatoms. The van der Waals surface area contributed by atoms with Crippen LogP contribution in [0.1, 0.15) is 26.4 Å². The van der Waals surface area contributed by atoms with E-state index in [9.17, 15) is 9.59 Å². The molecule has 0 saturated carbocycles. The Bertz CT molecular complexity index is 991. The van der Waals surface area contributed by atoms with Crippen LogP contribution >= 0.6 is 11.3 Å². The van der Waals surface area contributed by atoms with Gasteiger partial charge < -0.3 is 18.9 Å². The number of hydrogen-bond donors (Lipinski definition) is 0. The fourth-order valence-electron chi connectivity index (χ4n) is 2.90. The second kappa shape index (κ2) is 8.96. The molecule has 0 unspecified atom stereocenters. The van der Waals surface area contributed by atoms with Crippen molar-refractivity contribution >= 4 is 23.2 Å². The lowest BCUT2D eigenvalue weighted by molar-refractivity contribution is -0.133.